The molecule has 0 unspecified atom stereocenters. The molecule has 1 amide bonds. The van der Waals surface area contributed by atoms with Gasteiger partial charge in [0.2, 0.25) is 0 Å². The number of ether oxygens (including phenoxy) is 2. The third-order valence-corrected chi connectivity index (χ3v) is 5.77. The number of halogens is 1. The minimum absolute atomic E-state index is 0.0351. The van der Waals surface area contributed by atoms with Gasteiger partial charge < -0.3 is 14.4 Å². The fourth-order valence-electron chi connectivity index (χ4n) is 4.05. The summed E-state index contributed by atoms with van der Waals surface area (Å²) >= 11 is 0. The Kier molecular flexibility index (Phi) is 8.28. The Labute approximate surface area is 190 Å². The highest BCUT2D eigenvalue weighted by molar-refractivity contribution is 5.78. The molecule has 1 aliphatic rings. The first kappa shape index (κ1) is 23.8. The van der Waals surface area contributed by atoms with Crippen LogP contribution in [0.25, 0.3) is 0 Å². The van der Waals surface area contributed by atoms with Crippen LogP contribution in [0.4, 0.5) is 4.39 Å². The first-order valence-electron chi connectivity index (χ1n) is 11.2. The molecule has 1 fully saturated rings. The molecule has 2 aromatic carbocycles. The van der Waals surface area contributed by atoms with Crippen LogP contribution in [0.3, 0.4) is 0 Å². The number of nitrogens with zero attached hydrogens (tertiary/aromatic N) is 2. The monoisotopic (exact) mass is 440 g/mol. The SMILES string of the molecule is C=CCc1ccc(OCC)c(OCC(=O)N2C[C@@H](C)N(Cc3ccc(F)cc3)C[C@@H]2C)c1. The van der Waals surface area contributed by atoms with Crippen LogP contribution in [-0.4, -0.2) is 54.1 Å². The second-order valence-corrected chi connectivity index (χ2v) is 8.30. The smallest absolute Gasteiger partial charge is 0.260 e. The number of amides is 1. The lowest BCUT2D eigenvalue weighted by Crippen LogP contribution is -2.58. The van der Waals surface area contributed by atoms with Gasteiger partial charge in [-0.2, -0.15) is 0 Å². The topological polar surface area (TPSA) is 42.0 Å². The summed E-state index contributed by atoms with van der Waals surface area (Å²) in [5.41, 5.74) is 2.12. The Hall–Kier alpha value is -2.86. The molecule has 2 atom stereocenters. The summed E-state index contributed by atoms with van der Waals surface area (Å²) < 4.78 is 24.8. The van der Waals surface area contributed by atoms with Crippen molar-refractivity contribution < 1.29 is 18.7 Å². The van der Waals surface area contributed by atoms with Gasteiger partial charge in [0, 0.05) is 31.7 Å². The lowest BCUT2D eigenvalue weighted by molar-refractivity contribution is -0.139. The van der Waals surface area contributed by atoms with Crippen LogP contribution in [-0.2, 0) is 17.8 Å². The molecule has 3 rings (SSSR count). The molecule has 0 radical (unpaired) electrons. The normalized spacial score (nSPS) is 18.9. The van der Waals surface area contributed by atoms with E-state index in [4.69, 9.17) is 9.47 Å². The zero-order chi connectivity index (χ0) is 23.1. The summed E-state index contributed by atoms with van der Waals surface area (Å²) in [6.45, 7) is 12.5. The van der Waals surface area contributed by atoms with Gasteiger partial charge in [0.15, 0.2) is 18.1 Å². The highest BCUT2D eigenvalue weighted by Gasteiger charge is 2.32. The molecule has 0 N–H and O–H groups in total. The van der Waals surface area contributed by atoms with Crippen molar-refractivity contribution in [1.29, 1.82) is 0 Å². The van der Waals surface area contributed by atoms with E-state index in [9.17, 15) is 9.18 Å². The molecule has 172 valence electrons. The fraction of sp³-hybridized carbons (Fsp3) is 0.423. The molecule has 0 bridgehead atoms. The minimum Gasteiger partial charge on any atom is -0.490 e. The van der Waals surface area contributed by atoms with Crippen molar-refractivity contribution in [2.45, 2.75) is 45.8 Å². The third-order valence-electron chi connectivity index (χ3n) is 5.77. The summed E-state index contributed by atoms with van der Waals surface area (Å²) in [5, 5.41) is 0. The number of carbonyl (C=O) groups is 1. The van der Waals surface area contributed by atoms with Crippen LogP contribution in [0.1, 0.15) is 31.9 Å². The van der Waals surface area contributed by atoms with Crippen LogP contribution < -0.4 is 9.47 Å². The molecule has 0 aromatic heterocycles. The predicted octanol–water partition coefficient (Wildman–Crippen LogP) is 4.45. The summed E-state index contributed by atoms with van der Waals surface area (Å²) in [5.74, 6) is 0.948. The number of hydrogen-bond donors (Lipinski definition) is 0. The van der Waals surface area contributed by atoms with E-state index in [0.29, 0.717) is 24.7 Å². The Morgan fingerprint density at radius 3 is 2.47 bits per heavy atom. The number of piperazine rings is 1. The first-order valence-corrected chi connectivity index (χ1v) is 11.2. The van der Waals surface area contributed by atoms with Gasteiger partial charge in [0.1, 0.15) is 5.82 Å². The van der Waals surface area contributed by atoms with Crippen LogP contribution in [0, 0.1) is 5.82 Å². The fourth-order valence-corrected chi connectivity index (χ4v) is 4.05. The standard InChI is InChI=1S/C26H33FN2O3/c1-5-7-21-10-13-24(31-6-2)25(14-21)32-18-26(30)29-16-19(3)28(15-20(29)4)17-22-8-11-23(27)12-9-22/h5,8-14,19-20H,1,6-7,15-18H2,2-4H3/t19-,20+/m1/s1. The van der Waals surface area contributed by atoms with E-state index < -0.39 is 0 Å². The van der Waals surface area contributed by atoms with E-state index in [0.717, 1.165) is 30.6 Å². The van der Waals surface area contributed by atoms with Crippen molar-refractivity contribution in [2.24, 2.45) is 0 Å². The van der Waals surface area contributed by atoms with Crippen LogP contribution in [0.15, 0.2) is 55.1 Å². The Bertz CT molecular complexity index is 916. The van der Waals surface area contributed by atoms with E-state index in [1.54, 1.807) is 0 Å². The lowest BCUT2D eigenvalue weighted by atomic mass is 10.1. The largest absolute Gasteiger partial charge is 0.490 e. The van der Waals surface area contributed by atoms with Crippen LogP contribution in [0.2, 0.25) is 0 Å². The van der Waals surface area contributed by atoms with Crippen molar-refractivity contribution in [1.82, 2.24) is 9.80 Å². The second kappa shape index (κ2) is 11.1. The van der Waals surface area contributed by atoms with Crippen LogP contribution >= 0.6 is 0 Å². The average molecular weight is 441 g/mol. The van der Waals surface area contributed by atoms with Crippen molar-refractivity contribution in [3.05, 3.63) is 72.1 Å². The Morgan fingerprint density at radius 1 is 1.06 bits per heavy atom. The van der Waals surface area contributed by atoms with E-state index in [1.165, 1.54) is 12.1 Å². The lowest BCUT2D eigenvalue weighted by Gasteiger charge is -2.44. The van der Waals surface area contributed by atoms with Gasteiger partial charge in [0.05, 0.1) is 6.61 Å². The molecule has 32 heavy (non-hydrogen) atoms. The van der Waals surface area contributed by atoms with Crippen molar-refractivity contribution in [3.8, 4) is 11.5 Å². The third kappa shape index (κ3) is 6.10. The van der Waals surface area contributed by atoms with Crippen molar-refractivity contribution >= 4 is 5.91 Å². The second-order valence-electron chi connectivity index (χ2n) is 8.30. The number of hydrogen-bond acceptors (Lipinski definition) is 4. The molecule has 0 saturated carbocycles. The molecule has 0 aliphatic carbocycles. The Balaban J connectivity index is 1.60. The average Bonchev–Trinajstić information content (AvgIpc) is 2.77. The zero-order valence-electron chi connectivity index (χ0n) is 19.2. The number of carbonyl (C=O) groups excluding carboxylic acids is 1. The summed E-state index contributed by atoms with van der Waals surface area (Å²) in [6, 6.07) is 12.6. The molecule has 1 aliphatic heterocycles. The van der Waals surface area contributed by atoms with Crippen LogP contribution in [0.5, 0.6) is 11.5 Å². The number of allylic oxidation sites excluding steroid dienone is 1. The maximum Gasteiger partial charge on any atom is 0.260 e. The van der Waals surface area contributed by atoms with Crippen molar-refractivity contribution in [3.63, 3.8) is 0 Å². The molecule has 5 nitrogen and oxygen atoms in total. The highest BCUT2D eigenvalue weighted by atomic mass is 19.1. The highest BCUT2D eigenvalue weighted by Crippen LogP contribution is 2.29. The van der Waals surface area contributed by atoms with E-state index >= 15 is 0 Å². The van der Waals surface area contributed by atoms with Gasteiger partial charge in [-0.3, -0.25) is 9.69 Å². The van der Waals surface area contributed by atoms with Gasteiger partial charge in [0.25, 0.3) is 5.91 Å². The zero-order valence-corrected chi connectivity index (χ0v) is 19.2. The van der Waals surface area contributed by atoms with E-state index in [2.05, 4.69) is 25.3 Å². The molecule has 1 heterocycles. The number of rotatable bonds is 9. The molecular formula is C26H33FN2O3. The maximum atomic E-state index is 13.2. The number of benzene rings is 2. The molecule has 6 heteroatoms. The summed E-state index contributed by atoms with van der Waals surface area (Å²) in [7, 11) is 0. The summed E-state index contributed by atoms with van der Waals surface area (Å²) in [6.07, 6.45) is 2.56. The minimum atomic E-state index is -0.229. The van der Waals surface area contributed by atoms with Gasteiger partial charge in [-0.25, -0.2) is 4.39 Å². The predicted molar refractivity (Wildman–Crippen MR) is 124 cm³/mol. The van der Waals surface area contributed by atoms with E-state index in [1.807, 2.05) is 48.2 Å². The first-order chi connectivity index (χ1) is 15.4. The van der Waals surface area contributed by atoms with Gasteiger partial charge in [-0.1, -0.05) is 24.3 Å². The Morgan fingerprint density at radius 2 is 1.78 bits per heavy atom. The van der Waals surface area contributed by atoms with Gasteiger partial charge in [-0.15, -0.1) is 6.58 Å². The van der Waals surface area contributed by atoms with Gasteiger partial charge in [-0.05, 0) is 62.6 Å². The molecule has 2 aromatic rings. The molecule has 0 spiro atoms. The van der Waals surface area contributed by atoms with Gasteiger partial charge >= 0.3 is 0 Å². The van der Waals surface area contributed by atoms with Crippen molar-refractivity contribution in [2.75, 3.05) is 26.3 Å². The molecular weight excluding hydrogens is 407 g/mol. The quantitative estimate of drug-likeness (QED) is 0.540. The van der Waals surface area contributed by atoms with E-state index in [-0.39, 0.29) is 30.4 Å². The maximum absolute atomic E-state index is 13.2. The molecule has 1 saturated heterocycles. The summed E-state index contributed by atoms with van der Waals surface area (Å²) in [4.78, 5) is 17.2.